The highest BCUT2D eigenvalue weighted by Gasteiger charge is 2.20. The molecule has 0 saturated heterocycles. The Hall–Kier alpha value is -2.80. The van der Waals surface area contributed by atoms with Crippen LogP contribution in [-0.2, 0) is 0 Å². The monoisotopic (exact) mass is 411 g/mol. The van der Waals surface area contributed by atoms with Gasteiger partial charge in [-0.05, 0) is 69.3 Å². The van der Waals surface area contributed by atoms with E-state index in [1.807, 2.05) is 19.1 Å². The first-order valence-corrected chi connectivity index (χ1v) is 10.5. The molecule has 2 aromatic carbocycles. The van der Waals surface area contributed by atoms with Gasteiger partial charge in [-0.15, -0.1) is 10.2 Å². The fourth-order valence-corrected chi connectivity index (χ4v) is 3.73. The van der Waals surface area contributed by atoms with E-state index in [2.05, 4.69) is 41.1 Å². The van der Waals surface area contributed by atoms with Crippen LogP contribution in [0.4, 0.5) is 5.69 Å². The summed E-state index contributed by atoms with van der Waals surface area (Å²) in [7, 11) is 1.60. The summed E-state index contributed by atoms with van der Waals surface area (Å²) in [6.07, 6.45) is 0. The third-order valence-corrected chi connectivity index (χ3v) is 5.60. The van der Waals surface area contributed by atoms with Gasteiger partial charge in [-0.25, -0.2) is 0 Å². The van der Waals surface area contributed by atoms with Gasteiger partial charge in [-0.2, -0.15) is 0 Å². The van der Waals surface area contributed by atoms with Gasteiger partial charge in [-0.3, -0.25) is 4.79 Å². The Labute approximate surface area is 175 Å². The van der Waals surface area contributed by atoms with E-state index in [9.17, 15) is 4.79 Å². The van der Waals surface area contributed by atoms with Crippen molar-refractivity contribution in [3.63, 3.8) is 0 Å². The predicted molar refractivity (Wildman–Crippen MR) is 116 cm³/mol. The highest BCUT2D eigenvalue weighted by atomic mass is 32.2. The van der Waals surface area contributed by atoms with E-state index in [1.54, 1.807) is 31.4 Å². The summed E-state index contributed by atoms with van der Waals surface area (Å²) in [5.41, 5.74) is 2.64. The highest BCUT2D eigenvalue weighted by molar-refractivity contribution is 8.00. The van der Waals surface area contributed by atoms with Crippen LogP contribution in [0.2, 0.25) is 0 Å². The van der Waals surface area contributed by atoms with Crippen molar-refractivity contribution in [1.29, 1.82) is 0 Å². The number of nitrogens with zero attached hydrogens (tertiary/aromatic N) is 3. The zero-order valence-electron chi connectivity index (χ0n) is 17.1. The van der Waals surface area contributed by atoms with Crippen LogP contribution >= 0.6 is 11.8 Å². The van der Waals surface area contributed by atoms with E-state index in [0.29, 0.717) is 16.7 Å². The van der Waals surface area contributed by atoms with E-state index in [4.69, 9.17) is 9.15 Å². The van der Waals surface area contributed by atoms with Crippen molar-refractivity contribution >= 4 is 23.2 Å². The lowest BCUT2D eigenvalue weighted by atomic mass is 10.1. The second kappa shape index (κ2) is 9.60. The maximum Gasteiger partial charge on any atom is 0.277 e. The summed E-state index contributed by atoms with van der Waals surface area (Å²) >= 11 is 1.26. The molecule has 0 N–H and O–H groups in total. The Balaban J connectivity index is 1.67. The molecule has 0 amide bonds. The molecule has 0 fully saturated rings. The molecular weight excluding hydrogens is 386 g/mol. The van der Waals surface area contributed by atoms with Gasteiger partial charge in [-0.1, -0.05) is 11.8 Å². The molecule has 0 saturated carbocycles. The maximum absolute atomic E-state index is 12.6. The van der Waals surface area contributed by atoms with Gasteiger partial charge in [0.15, 0.2) is 5.78 Å². The molecule has 0 radical (unpaired) electrons. The number of carbonyl (C=O) groups excluding carboxylic acids is 1. The van der Waals surface area contributed by atoms with E-state index in [1.165, 1.54) is 11.8 Å². The molecule has 29 heavy (non-hydrogen) atoms. The number of benzene rings is 2. The number of carbonyl (C=O) groups is 1. The Bertz CT molecular complexity index is 935. The second-order valence-corrected chi connectivity index (χ2v) is 7.74. The van der Waals surface area contributed by atoms with Crippen LogP contribution in [0.5, 0.6) is 5.75 Å². The van der Waals surface area contributed by atoms with Crippen LogP contribution in [0.15, 0.2) is 58.2 Å². The molecule has 0 aliphatic rings. The van der Waals surface area contributed by atoms with Gasteiger partial charge in [0.05, 0.1) is 12.4 Å². The summed E-state index contributed by atoms with van der Waals surface area (Å²) < 4.78 is 10.9. The molecule has 6 nitrogen and oxygen atoms in total. The zero-order chi connectivity index (χ0) is 20.8. The maximum atomic E-state index is 12.6. The lowest BCUT2D eigenvalue weighted by Crippen LogP contribution is -2.21. The Morgan fingerprint density at radius 1 is 1.07 bits per heavy atom. The molecule has 152 valence electrons. The number of hydrogen-bond acceptors (Lipinski definition) is 7. The van der Waals surface area contributed by atoms with Gasteiger partial charge in [0.2, 0.25) is 5.89 Å². The second-order valence-electron chi connectivity index (χ2n) is 6.45. The molecule has 1 atom stereocenters. The van der Waals surface area contributed by atoms with Gasteiger partial charge >= 0.3 is 0 Å². The SMILES string of the molecule is CCN(CC)c1ccc(-c2nnc(S[C@@H](C)C(=O)c3ccc(OC)cc3)o2)cc1. The van der Waals surface area contributed by atoms with Gasteiger partial charge in [0, 0.05) is 29.9 Å². The molecular formula is C22H25N3O3S. The number of aromatic nitrogens is 2. The molecule has 1 aromatic heterocycles. The largest absolute Gasteiger partial charge is 0.497 e. The number of Topliss-reactive ketones (excluding diaryl/α,β-unsaturated/α-hetero) is 1. The predicted octanol–water partition coefficient (Wildman–Crippen LogP) is 4.95. The first kappa shape index (κ1) is 20.9. The number of thioether (sulfide) groups is 1. The molecule has 1 heterocycles. The Morgan fingerprint density at radius 2 is 1.72 bits per heavy atom. The number of ether oxygens (including phenoxy) is 1. The molecule has 7 heteroatoms. The fraction of sp³-hybridized carbons (Fsp3) is 0.318. The van der Waals surface area contributed by atoms with Crippen LogP contribution in [0.1, 0.15) is 31.1 Å². The summed E-state index contributed by atoms with van der Waals surface area (Å²) in [6.45, 7) is 8.01. The molecule has 3 aromatic rings. The van der Waals surface area contributed by atoms with Gasteiger partial charge in [0.25, 0.3) is 5.22 Å². The molecule has 0 aliphatic heterocycles. The topological polar surface area (TPSA) is 68.5 Å². The first-order chi connectivity index (χ1) is 14.0. The van der Waals surface area contributed by atoms with E-state index in [0.717, 1.165) is 30.1 Å². The minimum absolute atomic E-state index is 0.000906. The summed E-state index contributed by atoms with van der Waals surface area (Å²) in [5, 5.41) is 8.25. The van der Waals surface area contributed by atoms with Crippen molar-refractivity contribution in [1.82, 2.24) is 10.2 Å². The number of rotatable bonds is 9. The first-order valence-electron chi connectivity index (χ1n) is 9.59. The van der Waals surface area contributed by atoms with Crippen molar-refractivity contribution < 1.29 is 13.9 Å². The van der Waals surface area contributed by atoms with Crippen LogP contribution in [0, 0.1) is 0 Å². The van der Waals surface area contributed by atoms with Crippen molar-refractivity contribution in [2.45, 2.75) is 31.2 Å². The van der Waals surface area contributed by atoms with Crippen molar-refractivity contribution in [2.75, 3.05) is 25.1 Å². The van der Waals surface area contributed by atoms with Crippen LogP contribution in [0.3, 0.4) is 0 Å². The van der Waals surface area contributed by atoms with Crippen LogP contribution in [0.25, 0.3) is 11.5 Å². The third kappa shape index (κ3) is 4.98. The lowest BCUT2D eigenvalue weighted by Gasteiger charge is -2.20. The van der Waals surface area contributed by atoms with Crippen molar-refractivity contribution in [3.05, 3.63) is 54.1 Å². The fourth-order valence-electron chi connectivity index (χ4n) is 2.97. The minimum atomic E-state index is -0.346. The lowest BCUT2D eigenvalue weighted by molar-refractivity contribution is 0.0993. The average Bonchev–Trinajstić information content (AvgIpc) is 3.23. The number of hydrogen-bond donors (Lipinski definition) is 0. The minimum Gasteiger partial charge on any atom is -0.497 e. The standard InChI is InChI=1S/C22H25N3O3S/c1-5-25(6-2)18-11-7-17(8-12-18)21-23-24-22(28-21)29-15(3)20(26)16-9-13-19(27-4)14-10-16/h7-15H,5-6H2,1-4H3/t15-/m0/s1. The number of anilines is 1. The van der Waals surface area contributed by atoms with E-state index in [-0.39, 0.29) is 11.0 Å². The highest BCUT2D eigenvalue weighted by Crippen LogP contribution is 2.29. The molecule has 0 bridgehead atoms. The normalized spacial score (nSPS) is 11.9. The zero-order valence-corrected chi connectivity index (χ0v) is 17.9. The quantitative estimate of drug-likeness (QED) is 0.364. The molecule has 0 unspecified atom stereocenters. The average molecular weight is 412 g/mol. The molecule has 3 rings (SSSR count). The van der Waals surface area contributed by atoms with Crippen molar-refractivity contribution in [2.24, 2.45) is 0 Å². The summed E-state index contributed by atoms with van der Waals surface area (Å²) in [6, 6.07) is 15.1. The van der Waals surface area contributed by atoms with Gasteiger partial charge in [0.1, 0.15) is 5.75 Å². The van der Waals surface area contributed by atoms with Crippen molar-refractivity contribution in [3.8, 4) is 17.2 Å². The number of ketones is 1. The Morgan fingerprint density at radius 3 is 2.31 bits per heavy atom. The van der Waals surface area contributed by atoms with Crippen LogP contribution < -0.4 is 9.64 Å². The third-order valence-electron chi connectivity index (χ3n) is 4.67. The van der Waals surface area contributed by atoms with E-state index >= 15 is 0 Å². The molecule has 0 spiro atoms. The van der Waals surface area contributed by atoms with E-state index < -0.39 is 0 Å². The summed E-state index contributed by atoms with van der Waals surface area (Å²) in [4.78, 5) is 14.9. The van der Waals surface area contributed by atoms with Gasteiger partial charge < -0.3 is 14.1 Å². The molecule has 0 aliphatic carbocycles. The Kier molecular flexibility index (Phi) is 6.93. The number of methoxy groups -OCH3 is 1. The summed E-state index contributed by atoms with van der Waals surface area (Å²) in [5.74, 6) is 1.17. The van der Waals surface area contributed by atoms with Crippen LogP contribution in [-0.4, -0.2) is 41.4 Å². The smallest absolute Gasteiger partial charge is 0.277 e.